The zero-order valence-corrected chi connectivity index (χ0v) is 14.7. The first kappa shape index (κ1) is 16.9. The highest BCUT2D eigenvalue weighted by Gasteiger charge is 2.49. The van der Waals surface area contributed by atoms with Gasteiger partial charge in [-0.3, -0.25) is 0 Å². The number of nitriles is 1. The zero-order chi connectivity index (χ0) is 19.3. The van der Waals surface area contributed by atoms with E-state index in [2.05, 4.69) is 16.9 Å². The van der Waals surface area contributed by atoms with Gasteiger partial charge >= 0.3 is 0 Å². The molecule has 4 atom stereocenters. The van der Waals surface area contributed by atoms with Crippen LogP contribution in [0.5, 0.6) is 11.5 Å². The number of rotatable bonds is 2. The molecule has 8 heteroatoms. The van der Waals surface area contributed by atoms with E-state index in [1.165, 1.54) is 12.1 Å². The zero-order valence-electron chi connectivity index (χ0n) is 14.7. The summed E-state index contributed by atoms with van der Waals surface area (Å²) in [7, 11) is 0. The molecule has 3 aliphatic heterocycles. The average molecular weight is 380 g/mol. The molecule has 5 rings (SSSR count). The van der Waals surface area contributed by atoms with Crippen LogP contribution in [0.1, 0.15) is 23.1 Å². The molecule has 0 amide bonds. The molecule has 1 fully saturated rings. The third kappa shape index (κ3) is 2.56. The fourth-order valence-corrected chi connectivity index (χ4v) is 4.16. The highest BCUT2D eigenvalue weighted by Crippen LogP contribution is 2.48. The van der Waals surface area contributed by atoms with E-state index in [4.69, 9.17) is 19.9 Å². The van der Waals surface area contributed by atoms with Crippen LogP contribution in [0.2, 0.25) is 0 Å². The second-order valence-corrected chi connectivity index (χ2v) is 6.91. The Labute approximate surface area is 160 Å². The summed E-state index contributed by atoms with van der Waals surface area (Å²) >= 11 is 0. The molecule has 4 N–H and O–H groups in total. The maximum Gasteiger partial charge on any atom is 0.231 e. The molecular formula is C20H17FN4O3. The fourth-order valence-electron chi connectivity index (χ4n) is 4.16. The third-order valence-corrected chi connectivity index (χ3v) is 5.44. The van der Waals surface area contributed by atoms with Crippen LogP contribution in [-0.2, 0) is 4.74 Å². The van der Waals surface area contributed by atoms with Gasteiger partial charge in [0.25, 0.3) is 0 Å². The Morgan fingerprint density at radius 2 is 1.79 bits per heavy atom. The Balaban J connectivity index is 1.59. The van der Waals surface area contributed by atoms with Crippen molar-refractivity contribution in [3.05, 3.63) is 70.9 Å². The highest BCUT2D eigenvalue weighted by atomic mass is 19.1. The van der Waals surface area contributed by atoms with Gasteiger partial charge in [0, 0.05) is 11.8 Å². The van der Waals surface area contributed by atoms with E-state index in [1.54, 1.807) is 12.1 Å². The van der Waals surface area contributed by atoms with Crippen LogP contribution in [0.25, 0.3) is 0 Å². The van der Waals surface area contributed by atoms with Crippen LogP contribution >= 0.6 is 0 Å². The molecule has 142 valence electrons. The molecule has 0 aliphatic carbocycles. The Bertz CT molecular complexity index is 1000. The molecule has 1 saturated heterocycles. The van der Waals surface area contributed by atoms with Crippen molar-refractivity contribution in [3.8, 4) is 17.6 Å². The third-order valence-electron chi connectivity index (χ3n) is 5.44. The highest BCUT2D eigenvalue weighted by molar-refractivity contribution is 5.47. The quantitative estimate of drug-likeness (QED) is 0.734. The van der Waals surface area contributed by atoms with Crippen molar-refractivity contribution in [1.29, 1.82) is 5.26 Å². The number of hydrazine groups is 1. The lowest BCUT2D eigenvalue weighted by Crippen LogP contribution is -2.40. The second kappa shape index (κ2) is 6.41. The Morgan fingerprint density at radius 1 is 1.04 bits per heavy atom. The van der Waals surface area contributed by atoms with Gasteiger partial charge in [0.15, 0.2) is 17.7 Å². The maximum absolute atomic E-state index is 13.5. The Hall–Kier alpha value is -3.28. The first-order valence-corrected chi connectivity index (χ1v) is 8.88. The molecule has 0 saturated carbocycles. The second-order valence-electron chi connectivity index (χ2n) is 6.91. The van der Waals surface area contributed by atoms with Crippen molar-refractivity contribution in [3.63, 3.8) is 0 Å². The van der Waals surface area contributed by atoms with Gasteiger partial charge in [-0.1, -0.05) is 18.2 Å². The van der Waals surface area contributed by atoms with Crippen molar-refractivity contribution in [2.24, 2.45) is 11.7 Å². The first-order chi connectivity index (χ1) is 13.7. The number of allylic oxidation sites excluding steroid dienone is 1. The number of nitrogens with one attached hydrogen (secondary N) is 2. The molecule has 0 bridgehead atoms. The van der Waals surface area contributed by atoms with Crippen molar-refractivity contribution >= 4 is 0 Å². The van der Waals surface area contributed by atoms with Crippen LogP contribution in [0.4, 0.5) is 4.39 Å². The number of nitrogens with zero attached hydrogens (tertiary/aromatic N) is 1. The monoisotopic (exact) mass is 380 g/mol. The fraction of sp³-hybridized carbons (Fsp3) is 0.250. The lowest BCUT2D eigenvalue weighted by molar-refractivity contribution is 0.0340. The minimum Gasteiger partial charge on any atom is -0.458 e. The van der Waals surface area contributed by atoms with Crippen molar-refractivity contribution in [2.45, 2.75) is 18.2 Å². The molecule has 2 aromatic rings. The summed E-state index contributed by atoms with van der Waals surface area (Å²) in [4.78, 5) is 0. The summed E-state index contributed by atoms with van der Waals surface area (Å²) in [6.45, 7) is 0.195. The minimum absolute atomic E-state index is 0.0821. The SMILES string of the molecule is N#CC1=C(N)OC2NNC(c3ccc4c(c3)OCO4)C2C1c1ccc(F)cc1. The molecule has 0 aromatic heterocycles. The molecule has 0 radical (unpaired) electrons. The number of nitrogens with two attached hydrogens (primary N) is 1. The predicted octanol–water partition coefficient (Wildman–Crippen LogP) is 2.15. The standard InChI is InChI=1S/C20H17FN4O3/c21-12-4-1-10(2-5-12)16-13(8-22)19(23)28-20-17(16)18(24-25-20)11-3-6-14-15(7-11)27-9-26-14/h1-7,16-18,20,24-25H,9,23H2. The summed E-state index contributed by atoms with van der Waals surface area (Å²) in [6, 6.07) is 13.9. The summed E-state index contributed by atoms with van der Waals surface area (Å²) < 4.78 is 30.1. The number of hydrogen-bond acceptors (Lipinski definition) is 7. The largest absolute Gasteiger partial charge is 0.458 e. The number of benzene rings is 2. The number of fused-ring (bicyclic) bond motifs is 2. The summed E-state index contributed by atoms with van der Waals surface area (Å²) in [5.74, 6) is 0.572. The molecule has 28 heavy (non-hydrogen) atoms. The van der Waals surface area contributed by atoms with E-state index in [-0.39, 0.29) is 36.4 Å². The van der Waals surface area contributed by atoms with E-state index in [1.807, 2.05) is 18.2 Å². The van der Waals surface area contributed by atoms with Gasteiger partial charge in [0.05, 0.1) is 11.6 Å². The summed E-state index contributed by atoms with van der Waals surface area (Å²) in [5.41, 5.74) is 14.5. The van der Waals surface area contributed by atoms with Crippen LogP contribution in [-0.4, -0.2) is 13.0 Å². The average Bonchev–Trinajstić information content (AvgIpc) is 3.33. The minimum atomic E-state index is -0.442. The number of halogens is 1. The summed E-state index contributed by atoms with van der Waals surface area (Å²) in [5, 5.41) is 9.73. The molecule has 3 heterocycles. The topological polar surface area (TPSA) is 102 Å². The first-order valence-electron chi connectivity index (χ1n) is 8.88. The van der Waals surface area contributed by atoms with Gasteiger partial charge in [0.1, 0.15) is 11.9 Å². The Morgan fingerprint density at radius 3 is 2.57 bits per heavy atom. The normalized spacial score (nSPS) is 27.9. The van der Waals surface area contributed by atoms with Gasteiger partial charge in [0.2, 0.25) is 12.7 Å². The van der Waals surface area contributed by atoms with Gasteiger partial charge < -0.3 is 19.9 Å². The van der Waals surface area contributed by atoms with E-state index in [9.17, 15) is 9.65 Å². The van der Waals surface area contributed by atoms with Crippen LogP contribution < -0.4 is 26.1 Å². The molecule has 3 aliphatic rings. The van der Waals surface area contributed by atoms with Crippen LogP contribution in [0.3, 0.4) is 0 Å². The Kier molecular flexibility index (Phi) is 3.86. The molecule has 7 nitrogen and oxygen atoms in total. The smallest absolute Gasteiger partial charge is 0.231 e. The molecular weight excluding hydrogens is 363 g/mol. The molecule has 2 aromatic carbocycles. The van der Waals surface area contributed by atoms with E-state index < -0.39 is 6.23 Å². The van der Waals surface area contributed by atoms with Gasteiger partial charge in [-0.15, -0.1) is 0 Å². The lowest BCUT2D eigenvalue weighted by Gasteiger charge is -2.36. The molecule has 0 spiro atoms. The maximum atomic E-state index is 13.5. The van der Waals surface area contributed by atoms with Gasteiger partial charge in [-0.2, -0.15) is 5.26 Å². The number of ether oxygens (including phenoxy) is 3. The van der Waals surface area contributed by atoms with Gasteiger partial charge in [-0.25, -0.2) is 15.2 Å². The van der Waals surface area contributed by atoms with Crippen molar-refractivity contribution in [1.82, 2.24) is 10.9 Å². The predicted molar refractivity (Wildman–Crippen MR) is 95.9 cm³/mol. The van der Waals surface area contributed by atoms with Gasteiger partial charge in [-0.05, 0) is 35.4 Å². The van der Waals surface area contributed by atoms with E-state index in [0.717, 1.165) is 11.1 Å². The van der Waals surface area contributed by atoms with Crippen LogP contribution in [0, 0.1) is 23.1 Å². The molecule has 4 unspecified atom stereocenters. The van der Waals surface area contributed by atoms with Crippen molar-refractivity contribution < 1.29 is 18.6 Å². The lowest BCUT2D eigenvalue weighted by atomic mass is 9.74. The van der Waals surface area contributed by atoms with E-state index in [0.29, 0.717) is 17.1 Å². The number of hydrogen-bond donors (Lipinski definition) is 3. The van der Waals surface area contributed by atoms with Crippen molar-refractivity contribution in [2.75, 3.05) is 6.79 Å². The van der Waals surface area contributed by atoms with Crippen LogP contribution in [0.15, 0.2) is 53.9 Å². The van der Waals surface area contributed by atoms with E-state index >= 15 is 0 Å². The summed E-state index contributed by atoms with van der Waals surface area (Å²) in [6.07, 6.45) is -0.442.